The van der Waals surface area contributed by atoms with Gasteiger partial charge in [-0.05, 0) is 62.7 Å². The van der Waals surface area contributed by atoms with Crippen molar-refractivity contribution in [2.75, 3.05) is 17.4 Å². The molecule has 3 rings (SSSR count). The Bertz CT molecular complexity index is 1440. The van der Waals surface area contributed by atoms with E-state index in [1.54, 1.807) is 37.3 Å². The molecule has 0 saturated heterocycles. The summed E-state index contributed by atoms with van der Waals surface area (Å²) in [6.45, 7) is 4.92. The van der Waals surface area contributed by atoms with E-state index in [0.29, 0.717) is 28.6 Å². The SMILES string of the molecule is CCCNC(=O)[C@H](C)N(Cc1c(Cl)cccc1Cl)C(=O)CN(c1cc(Cl)cc(Cl)c1)S(=O)(=O)c1ccc(C)cc1. The Labute approximate surface area is 255 Å². The standard InChI is InChI=1S/C28H29Cl4N3O4S/c1-4-12-33-28(37)19(3)34(16-24-25(31)6-5-7-26(24)32)27(36)17-35(22-14-20(29)13-21(30)15-22)40(38,39)23-10-8-18(2)9-11-23/h5-11,13-15,19H,4,12,16-17H2,1-3H3,(H,33,37)/t19-/m0/s1. The lowest BCUT2D eigenvalue weighted by molar-refractivity contribution is -0.139. The van der Waals surface area contributed by atoms with Gasteiger partial charge in [0.15, 0.2) is 0 Å². The number of amides is 2. The molecule has 0 aliphatic heterocycles. The Hall–Kier alpha value is -2.49. The molecule has 0 bridgehead atoms. The zero-order chi connectivity index (χ0) is 29.6. The molecule has 0 radical (unpaired) electrons. The van der Waals surface area contributed by atoms with Crippen LogP contribution in [0.2, 0.25) is 20.1 Å². The summed E-state index contributed by atoms with van der Waals surface area (Å²) < 4.78 is 28.7. The molecule has 7 nitrogen and oxygen atoms in total. The van der Waals surface area contributed by atoms with Gasteiger partial charge < -0.3 is 10.2 Å². The predicted molar refractivity (Wildman–Crippen MR) is 162 cm³/mol. The molecule has 0 aliphatic rings. The van der Waals surface area contributed by atoms with E-state index in [9.17, 15) is 18.0 Å². The van der Waals surface area contributed by atoms with Gasteiger partial charge >= 0.3 is 0 Å². The van der Waals surface area contributed by atoms with E-state index in [1.807, 2.05) is 13.8 Å². The summed E-state index contributed by atoms with van der Waals surface area (Å²) >= 11 is 25.2. The maximum atomic E-state index is 14.0. The summed E-state index contributed by atoms with van der Waals surface area (Å²) in [6.07, 6.45) is 0.695. The van der Waals surface area contributed by atoms with Crippen LogP contribution in [-0.2, 0) is 26.2 Å². The lowest BCUT2D eigenvalue weighted by atomic mass is 10.1. The highest BCUT2D eigenvalue weighted by Crippen LogP contribution is 2.31. The Morgan fingerprint density at radius 1 is 0.925 bits per heavy atom. The zero-order valence-electron chi connectivity index (χ0n) is 22.1. The van der Waals surface area contributed by atoms with E-state index in [-0.39, 0.29) is 27.2 Å². The highest BCUT2D eigenvalue weighted by molar-refractivity contribution is 7.92. The van der Waals surface area contributed by atoms with Crippen LogP contribution in [0.1, 0.15) is 31.4 Å². The molecule has 3 aromatic rings. The lowest BCUT2D eigenvalue weighted by Gasteiger charge is -2.32. The van der Waals surface area contributed by atoms with Crippen LogP contribution in [0, 0.1) is 6.92 Å². The van der Waals surface area contributed by atoms with Crippen LogP contribution < -0.4 is 9.62 Å². The lowest BCUT2D eigenvalue weighted by Crippen LogP contribution is -2.51. The van der Waals surface area contributed by atoms with E-state index < -0.39 is 34.4 Å². The van der Waals surface area contributed by atoms with Gasteiger partial charge in [-0.15, -0.1) is 0 Å². The number of halogens is 4. The Morgan fingerprint density at radius 2 is 1.50 bits per heavy atom. The molecule has 2 amide bonds. The molecule has 0 aromatic heterocycles. The first-order chi connectivity index (χ1) is 18.8. The molecule has 3 aromatic carbocycles. The monoisotopic (exact) mass is 643 g/mol. The summed E-state index contributed by atoms with van der Waals surface area (Å²) in [7, 11) is -4.27. The van der Waals surface area contributed by atoms with E-state index in [4.69, 9.17) is 46.4 Å². The maximum absolute atomic E-state index is 14.0. The molecule has 0 heterocycles. The summed E-state index contributed by atoms with van der Waals surface area (Å²) in [5.41, 5.74) is 1.38. The van der Waals surface area contributed by atoms with Crippen molar-refractivity contribution in [1.82, 2.24) is 10.2 Å². The van der Waals surface area contributed by atoms with Crippen molar-refractivity contribution in [2.45, 2.75) is 44.7 Å². The Balaban J connectivity index is 2.09. The van der Waals surface area contributed by atoms with Gasteiger partial charge in [0.05, 0.1) is 10.6 Å². The van der Waals surface area contributed by atoms with E-state index >= 15 is 0 Å². The number of carbonyl (C=O) groups is 2. The number of aryl methyl sites for hydroxylation is 1. The van der Waals surface area contributed by atoms with Crippen LogP contribution in [0.15, 0.2) is 65.6 Å². The van der Waals surface area contributed by atoms with Crippen LogP contribution >= 0.6 is 46.4 Å². The number of sulfonamides is 1. The minimum absolute atomic E-state index is 0.0311. The third-order valence-corrected chi connectivity index (χ3v) is 9.06. The average molecular weight is 645 g/mol. The number of anilines is 1. The van der Waals surface area contributed by atoms with Crippen LogP contribution in [0.3, 0.4) is 0 Å². The van der Waals surface area contributed by atoms with Gasteiger partial charge in [-0.3, -0.25) is 13.9 Å². The number of hydrogen-bond donors (Lipinski definition) is 1. The van der Waals surface area contributed by atoms with Gasteiger partial charge in [0.2, 0.25) is 11.8 Å². The number of nitrogens with zero attached hydrogens (tertiary/aromatic N) is 2. The minimum atomic E-state index is -4.27. The third kappa shape index (κ3) is 7.83. The summed E-state index contributed by atoms with van der Waals surface area (Å²) in [5.74, 6) is -1.07. The second-order valence-corrected chi connectivity index (χ2v) is 12.7. The van der Waals surface area contributed by atoms with Crippen molar-refractivity contribution < 1.29 is 18.0 Å². The molecule has 0 spiro atoms. The number of hydrogen-bond acceptors (Lipinski definition) is 4. The topological polar surface area (TPSA) is 86.8 Å². The van der Waals surface area contributed by atoms with Crippen molar-refractivity contribution in [3.63, 3.8) is 0 Å². The van der Waals surface area contributed by atoms with Crippen molar-refractivity contribution in [3.05, 3.63) is 91.9 Å². The minimum Gasteiger partial charge on any atom is -0.354 e. The fourth-order valence-corrected chi connectivity index (χ4v) is 6.31. The zero-order valence-corrected chi connectivity index (χ0v) is 26.0. The summed E-state index contributed by atoms with van der Waals surface area (Å²) in [5, 5.41) is 3.76. The van der Waals surface area contributed by atoms with Crippen LogP contribution in [0.25, 0.3) is 0 Å². The van der Waals surface area contributed by atoms with Crippen molar-refractivity contribution in [3.8, 4) is 0 Å². The molecular weight excluding hydrogens is 616 g/mol. The Morgan fingerprint density at radius 3 is 2.05 bits per heavy atom. The smallest absolute Gasteiger partial charge is 0.264 e. The molecule has 1 atom stereocenters. The van der Waals surface area contributed by atoms with Gasteiger partial charge in [0.1, 0.15) is 12.6 Å². The molecule has 214 valence electrons. The van der Waals surface area contributed by atoms with Gasteiger partial charge in [0.25, 0.3) is 10.0 Å². The number of benzene rings is 3. The largest absolute Gasteiger partial charge is 0.354 e. The molecule has 1 N–H and O–H groups in total. The van der Waals surface area contributed by atoms with Crippen LogP contribution in [0.5, 0.6) is 0 Å². The molecule has 12 heteroatoms. The van der Waals surface area contributed by atoms with Crippen LogP contribution in [-0.4, -0.2) is 44.3 Å². The number of carbonyl (C=O) groups excluding carboxylic acids is 2. The summed E-state index contributed by atoms with van der Waals surface area (Å²) in [4.78, 5) is 28.1. The van der Waals surface area contributed by atoms with Gasteiger partial charge in [-0.2, -0.15) is 0 Å². The quantitative estimate of drug-likeness (QED) is 0.250. The maximum Gasteiger partial charge on any atom is 0.264 e. The first kappa shape index (κ1) is 32.0. The van der Waals surface area contributed by atoms with Crippen molar-refractivity contribution >= 4 is 73.9 Å². The fourth-order valence-electron chi connectivity index (χ4n) is 3.88. The highest BCUT2D eigenvalue weighted by atomic mass is 35.5. The van der Waals surface area contributed by atoms with E-state index in [1.165, 1.54) is 35.2 Å². The second kappa shape index (κ2) is 13.9. The normalized spacial score (nSPS) is 12.1. The van der Waals surface area contributed by atoms with Crippen LogP contribution in [0.4, 0.5) is 5.69 Å². The number of rotatable bonds is 11. The molecule has 0 saturated carbocycles. The second-order valence-electron chi connectivity index (χ2n) is 9.14. The Kier molecular flexibility index (Phi) is 11.1. The molecule has 0 unspecified atom stereocenters. The third-order valence-electron chi connectivity index (χ3n) is 6.13. The molecule has 0 aliphatic carbocycles. The number of nitrogens with one attached hydrogen (secondary N) is 1. The van der Waals surface area contributed by atoms with Gasteiger partial charge in [-0.25, -0.2) is 8.42 Å². The highest BCUT2D eigenvalue weighted by Gasteiger charge is 2.33. The fraction of sp³-hybridized carbons (Fsp3) is 0.286. The van der Waals surface area contributed by atoms with Crippen molar-refractivity contribution in [2.24, 2.45) is 0 Å². The molecule has 0 fully saturated rings. The first-order valence-electron chi connectivity index (χ1n) is 12.4. The van der Waals surface area contributed by atoms with Gasteiger partial charge in [-0.1, -0.05) is 77.1 Å². The van der Waals surface area contributed by atoms with E-state index in [0.717, 1.165) is 9.87 Å². The first-order valence-corrected chi connectivity index (χ1v) is 15.4. The average Bonchev–Trinajstić information content (AvgIpc) is 2.89. The van der Waals surface area contributed by atoms with Crippen molar-refractivity contribution in [1.29, 1.82) is 0 Å². The predicted octanol–water partition coefficient (Wildman–Crippen LogP) is 6.75. The van der Waals surface area contributed by atoms with Gasteiger partial charge in [0, 0.05) is 38.7 Å². The molecular formula is C28H29Cl4N3O4S. The molecule has 40 heavy (non-hydrogen) atoms. The summed E-state index contributed by atoms with van der Waals surface area (Å²) in [6, 6.07) is 14.4. The van der Waals surface area contributed by atoms with E-state index in [2.05, 4.69) is 5.32 Å².